The SMILES string of the molecule is C/C=C\C=C(/C)OCC1CO1. The molecule has 1 saturated heterocycles. The molecule has 11 heavy (non-hydrogen) atoms. The van der Waals surface area contributed by atoms with E-state index >= 15 is 0 Å². The summed E-state index contributed by atoms with van der Waals surface area (Å²) in [6, 6.07) is 0. The van der Waals surface area contributed by atoms with Crippen molar-refractivity contribution in [3.05, 3.63) is 24.0 Å². The third-order valence-electron chi connectivity index (χ3n) is 1.42. The first-order chi connectivity index (χ1) is 5.33. The van der Waals surface area contributed by atoms with Gasteiger partial charge in [-0.3, -0.25) is 0 Å². The van der Waals surface area contributed by atoms with Crippen LogP contribution in [0.15, 0.2) is 24.0 Å². The Hall–Kier alpha value is -0.760. The first-order valence-corrected chi connectivity index (χ1v) is 3.87. The Kier molecular flexibility index (Phi) is 3.17. The molecule has 0 aromatic rings. The molecule has 0 amide bonds. The third-order valence-corrected chi connectivity index (χ3v) is 1.42. The number of hydrogen-bond donors (Lipinski definition) is 0. The molecule has 62 valence electrons. The molecule has 0 aromatic carbocycles. The van der Waals surface area contributed by atoms with E-state index in [4.69, 9.17) is 9.47 Å². The second kappa shape index (κ2) is 4.19. The smallest absolute Gasteiger partial charge is 0.116 e. The molecule has 2 heteroatoms. The molecule has 0 N–H and O–H groups in total. The zero-order chi connectivity index (χ0) is 8.10. The molecule has 1 aliphatic heterocycles. The van der Waals surface area contributed by atoms with E-state index in [-0.39, 0.29) is 0 Å². The number of allylic oxidation sites excluding steroid dienone is 4. The standard InChI is InChI=1S/C9H14O2/c1-3-4-5-8(2)10-6-9-7-11-9/h3-5,9H,6-7H2,1-2H3/b4-3-,8-5+. The lowest BCUT2D eigenvalue weighted by Crippen LogP contribution is -1.98. The third kappa shape index (κ3) is 3.83. The van der Waals surface area contributed by atoms with Gasteiger partial charge in [0, 0.05) is 0 Å². The zero-order valence-electron chi connectivity index (χ0n) is 7.04. The minimum atomic E-state index is 0.351. The fourth-order valence-corrected chi connectivity index (χ4v) is 0.669. The van der Waals surface area contributed by atoms with Gasteiger partial charge < -0.3 is 9.47 Å². The summed E-state index contributed by atoms with van der Waals surface area (Å²) in [4.78, 5) is 0. The molecule has 1 atom stereocenters. The van der Waals surface area contributed by atoms with Crippen LogP contribution in [0.2, 0.25) is 0 Å². The van der Waals surface area contributed by atoms with E-state index in [9.17, 15) is 0 Å². The van der Waals surface area contributed by atoms with Gasteiger partial charge in [-0.05, 0) is 19.9 Å². The molecule has 1 rings (SSSR count). The Balaban J connectivity index is 2.12. The molecule has 1 fully saturated rings. The number of ether oxygens (including phenoxy) is 2. The average Bonchev–Trinajstić information content (AvgIpc) is 2.80. The van der Waals surface area contributed by atoms with E-state index in [1.807, 2.05) is 32.1 Å². The Morgan fingerprint density at radius 2 is 2.45 bits per heavy atom. The zero-order valence-corrected chi connectivity index (χ0v) is 7.04. The Morgan fingerprint density at radius 1 is 1.73 bits per heavy atom. The van der Waals surface area contributed by atoms with Crippen molar-refractivity contribution in [2.45, 2.75) is 20.0 Å². The van der Waals surface area contributed by atoms with Crippen LogP contribution < -0.4 is 0 Å². The fourth-order valence-electron chi connectivity index (χ4n) is 0.669. The van der Waals surface area contributed by atoms with Crippen molar-refractivity contribution in [2.75, 3.05) is 13.2 Å². The van der Waals surface area contributed by atoms with Crippen LogP contribution in [0.3, 0.4) is 0 Å². The Bertz CT molecular complexity index is 166. The topological polar surface area (TPSA) is 21.8 Å². The van der Waals surface area contributed by atoms with E-state index in [1.165, 1.54) is 0 Å². The van der Waals surface area contributed by atoms with Gasteiger partial charge in [0.15, 0.2) is 0 Å². The minimum Gasteiger partial charge on any atom is -0.495 e. The molecular weight excluding hydrogens is 140 g/mol. The van der Waals surface area contributed by atoms with Gasteiger partial charge >= 0.3 is 0 Å². The quantitative estimate of drug-likeness (QED) is 0.350. The summed E-state index contributed by atoms with van der Waals surface area (Å²) in [5, 5.41) is 0. The van der Waals surface area contributed by atoms with Gasteiger partial charge in [-0.2, -0.15) is 0 Å². The van der Waals surface area contributed by atoms with Crippen LogP contribution >= 0.6 is 0 Å². The summed E-state index contributed by atoms with van der Waals surface area (Å²) in [5.41, 5.74) is 0. The number of hydrogen-bond acceptors (Lipinski definition) is 2. The predicted molar refractivity (Wildman–Crippen MR) is 44.3 cm³/mol. The second-order valence-corrected chi connectivity index (χ2v) is 2.57. The second-order valence-electron chi connectivity index (χ2n) is 2.57. The van der Waals surface area contributed by atoms with E-state index < -0.39 is 0 Å². The molecule has 0 radical (unpaired) electrons. The molecule has 1 unspecified atom stereocenters. The lowest BCUT2D eigenvalue weighted by atomic mass is 10.4. The van der Waals surface area contributed by atoms with Crippen molar-refractivity contribution in [1.29, 1.82) is 0 Å². The van der Waals surface area contributed by atoms with E-state index in [2.05, 4.69) is 0 Å². The highest BCUT2D eigenvalue weighted by molar-refractivity contribution is 5.04. The van der Waals surface area contributed by atoms with Crippen LogP contribution in [-0.2, 0) is 9.47 Å². The van der Waals surface area contributed by atoms with Gasteiger partial charge in [-0.15, -0.1) is 0 Å². The summed E-state index contributed by atoms with van der Waals surface area (Å²) in [6.07, 6.45) is 6.23. The van der Waals surface area contributed by atoms with Crippen LogP contribution in [0, 0.1) is 0 Å². The van der Waals surface area contributed by atoms with E-state index in [0.29, 0.717) is 12.7 Å². The van der Waals surface area contributed by atoms with E-state index in [1.54, 1.807) is 0 Å². The summed E-state index contributed by atoms with van der Waals surface area (Å²) >= 11 is 0. The minimum absolute atomic E-state index is 0.351. The summed E-state index contributed by atoms with van der Waals surface area (Å²) in [5.74, 6) is 0.943. The molecule has 1 heterocycles. The van der Waals surface area contributed by atoms with Crippen molar-refractivity contribution >= 4 is 0 Å². The van der Waals surface area contributed by atoms with Crippen LogP contribution in [0.25, 0.3) is 0 Å². The van der Waals surface area contributed by atoms with Gasteiger partial charge in [0.2, 0.25) is 0 Å². The van der Waals surface area contributed by atoms with Crippen LogP contribution in [0.4, 0.5) is 0 Å². The lowest BCUT2D eigenvalue weighted by Gasteiger charge is -2.01. The van der Waals surface area contributed by atoms with Gasteiger partial charge in [-0.25, -0.2) is 0 Å². The molecule has 0 aromatic heterocycles. The molecule has 0 spiro atoms. The molecule has 0 aliphatic carbocycles. The van der Waals surface area contributed by atoms with Gasteiger partial charge in [0.05, 0.1) is 12.4 Å². The number of epoxide rings is 1. The van der Waals surface area contributed by atoms with Crippen molar-refractivity contribution in [3.8, 4) is 0 Å². The first-order valence-electron chi connectivity index (χ1n) is 3.87. The van der Waals surface area contributed by atoms with Crippen LogP contribution in [0.5, 0.6) is 0 Å². The first kappa shape index (κ1) is 8.34. The van der Waals surface area contributed by atoms with Gasteiger partial charge in [0.1, 0.15) is 12.7 Å². The Labute approximate surface area is 67.5 Å². The molecule has 0 bridgehead atoms. The molecule has 1 aliphatic rings. The number of rotatable bonds is 4. The fraction of sp³-hybridized carbons (Fsp3) is 0.556. The van der Waals surface area contributed by atoms with Gasteiger partial charge in [-0.1, -0.05) is 12.2 Å². The monoisotopic (exact) mass is 154 g/mol. The highest BCUT2D eigenvalue weighted by atomic mass is 16.6. The van der Waals surface area contributed by atoms with Crippen molar-refractivity contribution in [2.24, 2.45) is 0 Å². The Morgan fingerprint density at radius 3 is 3.00 bits per heavy atom. The van der Waals surface area contributed by atoms with Crippen molar-refractivity contribution in [1.82, 2.24) is 0 Å². The maximum absolute atomic E-state index is 5.35. The molecular formula is C9H14O2. The van der Waals surface area contributed by atoms with Crippen molar-refractivity contribution < 1.29 is 9.47 Å². The average molecular weight is 154 g/mol. The summed E-state index contributed by atoms with van der Waals surface area (Å²) in [6.45, 7) is 5.48. The molecule has 2 nitrogen and oxygen atoms in total. The normalized spacial score (nSPS) is 24.2. The van der Waals surface area contributed by atoms with Crippen LogP contribution in [0.1, 0.15) is 13.8 Å². The maximum Gasteiger partial charge on any atom is 0.116 e. The molecule has 0 saturated carbocycles. The summed E-state index contributed by atoms with van der Waals surface area (Å²) < 4.78 is 10.3. The predicted octanol–water partition coefficient (Wildman–Crippen LogP) is 1.88. The highest BCUT2D eigenvalue weighted by Gasteiger charge is 2.22. The van der Waals surface area contributed by atoms with Crippen molar-refractivity contribution in [3.63, 3.8) is 0 Å². The maximum atomic E-state index is 5.35. The lowest BCUT2D eigenvalue weighted by molar-refractivity contribution is 0.185. The van der Waals surface area contributed by atoms with Gasteiger partial charge in [0.25, 0.3) is 0 Å². The van der Waals surface area contributed by atoms with E-state index in [0.717, 1.165) is 12.4 Å². The largest absolute Gasteiger partial charge is 0.495 e. The summed E-state index contributed by atoms with van der Waals surface area (Å²) in [7, 11) is 0. The highest BCUT2D eigenvalue weighted by Crippen LogP contribution is 2.10. The van der Waals surface area contributed by atoms with Crippen LogP contribution in [-0.4, -0.2) is 19.3 Å².